The molecule has 0 saturated carbocycles. The highest BCUT2D eigenvalue weighted by Crippen LogP contribution is 2.31. The number of hydrogen-bond donors (Lipinski definition) is 0. The molecule has 0 saturated heterocycles. The van der Waals surface area contributed by atoms with Crippen LogP contribution in [0.15, 0.2) is 22.8 Å². The van der Waals surface area contributed by atoms with E-state index in [-0.39, 0.29) is 5.41 Å². The second-order valence-corrected chi connectivity index (χ2v) is 5.18. The summed E-state index contributed by atoms with van der Waals surface area (Å²) >= 11 is 5.88. The molecule has 0 aliphatic heterocycles. The monoisotopic (exact) mass is 200 g/mol. The molecule has 0 nitrogen and oxygen atoms in total. The van der Waals surface area contributed by atoms with E-state index in [2.05, 4.69) is 46.8 Å². The maximum Gasteiger partial charge on any atom is 0.0115 e. The smallest absolute Gasteiger partial charge is 0.0115 e. The summed E-state index contributed by atoms with van der Waals surface area (Å²) < 4.78 is 0. The van der Waals surface area contributed by atoms with Crippen LogP contribution in [-0.4, -0.2) is 0 Å². The Kier molecular flexibility index (Phi) is 4.77. The third-order valence-corrected chi connectivity index (χ3v) is 2.44. The maximum absolute atomic E-state index is 5.88. The molecule has 76 valence electrons. The third-order valence-electron chi connectivity index (χ3n) is 2.33. The largest absolute Gasteiger partial charge is 0.0898 e. The Morgan fingerprint density at radius 1 is 1.23 bits per heavy atom. The highest BCUT2D eigenvalue weighted by atomic mass is 35.5. The Morgan fingerprint density at radius 3 is 2.00 bits per heavy atom. The lowest BCUT2D eigenvalue weighted by molar-refractivity contribution is 0.366. The molecular formula is C12H21Cl. The van der Waals surface area contributed by atoms with Gasteiger partial charge in [0.25, 0.3) is 0 Å². The van der Waals surface area contributed by atoms with Crippen LogP contribution >= 0.6 is 11.6 Å². The summed E-state index contributed by atoms with van der Waals surface area (Å²) in [5, 5.41) is 0.874. The first-order chi connectivity index (χ1) is 5.75. The maximum atomic E-state index is 5.88. The molecule has 0 aliphatic carbocycles. The zero-order valence-electron chi connectivity index (χ0n) is 9.61. The fourth-order valence-corrected chi connectivity index (χ4v) is 1.64. The second kappa shape index (κ2) is 4.85. The lowest BCUT2D eigenvalue weighted by Gasteiger charge is -2.26. The molecule has 1 atom stereocenters. The third kappa shape index (κ3) is 5.15. The summed E-state index contributed by atoms with van der Waals surface area (Å²) in [6, 6.07) is 0. The predicted octanol–water partition coefficient (Wildman–Crippen LogP) is 4.76. The van der Waals surface area contributed by atoms with Gasteiger partial charge in [-0.2, -0.15) is 0 Å². The van der Waals surface area contributed by atoms with Gasteiger partial charge in [0.05, 0.1) is 0 Å². The van der Waals surface area contributed by atoms with Gasteiger partial charge in [0, 0.05) is 5.03 Å². The van der Waals surface area contributed by atoms with E-state index in [1.54, 1.807) is 0 Å². The van der Waals surface area contributed by atoms with Gasteiger partial charge >= 0.3 is 0 Å². The highest BCUT2D eigenvalue weighted by Gasteiger charge is 2.21. The number of halogens is 1. The zero-order chi connectivity index (χ0) is 10.6. The van der Waals surface area contributed by atoms with E-state index < -0.39 is 0 Å². The SMILES string of the molecule is CC(C)=CC(C)C(C)(C)/C=C(\C)Cl. The molecule has 0 spiro atoms. The number of allylic oxidation sites excluding steroid dienone is 4. The van der Waals surface area contributed by atoms with Crippen molar-refractivity contribution >= 4 is 11.6 Å². The quantitative estimate of drug-likeness (QED) is 0.577. The van der Waals surface area contributed by atoms with Gasteiger partial charge in [0.1, 0.15) is 0 Å². The van der Waals surface area contributed by atoms with E-state index in [4.69, 9.17) is 11.6 Å². The minimum absolute atomic E-state index is 0.142. The minimum atomic E-state index is 0.142. The standard InChI is InChI=1S/C12H21Cl/c1-9(2)7-10(3)12(5,6)8-11(4)13/h7-8,10H,1-6H3/b11-8+. The van der Waals surface area contributed by atoms with Crippen molar-refractivity contribution in [2.45, 2.75) is 41.5 Å². The van der Waals surface area contributed by atoms with Gasteiger partial charge in [-0.25, -0.2) is 0 Å². The lowest BCUT2D eigenvalue weighted by Crippen LogP contribution is -2.17. The molecule has 1 unspecified atom stereocenters. The Balaban J connectivity index is 4.64. The van der Waals surface area contributed by atoms with Gasteiger partial charge in [0.15, 0.2) is 0 Å². The predicted molar refractivity (Wildman–Crippen MR) is 62.0 cm³/mol. The molecular weight excluding hydrogens is 180 g/mol. The van der Waals surface area contributed by atoms with Gasteiger partial charge in [-0.3, -0.25) is 0 Å². The molecule has 0 N–H and O–H groups in total. The van der Waals surface area contributed by atoms with E-state index in [0.717, 1.165) is 5.03 Å². The van der Waals surface area contributed by atoms with Crippen LogP contribution in [0.2, 0.25) is 0 Å². The van der Waals surface area contributed by atoms with Crippen LogP contribution in [0, 0.1) is 11.3 Å². The van der Waals surface area contributed by atoms with Crippen LogP contribution in [0.1, 0.15) is 41.5 Å². The second-order valence-electron chi connectivity index (χ2n) is 4.59. The van der Waals surface area contributed by atoms with Crippen molar-refractivity contribution < 1.29 is 0 Å². The molecule has 0 aromatic rings. The average Bonchev–Trinajstić information content (AvgIpc) is 1.81. The average molecular weight is 201 g/mol. The fourth-order valence-electron chi connectivity index (χ4n) is 1.36. The fraction of sp³-hybridized carbons (Fsp3) is 0.667. The Bertz CT molecular complexity index is 213. The van der Waals surface area contributed by atoms with Gasteiger partial charge in [-0.1, -0.05) is 50.1 Å². The number of rotatable bonds is 3. The molecule has 0 aromatic carbocycles. The summed E-state index contributed by atoms with van der Waals surface area (Å²) in [5.41, 5.74) is 1.50. The van der Waals surface area contributed by atoms with Crippen molar-refractivity contribution in [1.82, 2.24) is 0 Å². The van der Waals surface area contributed by atoms with Crippen LogP contribution in [-0.2, 0) is 0 Å². The summed E-state index contributed by atoms with van der Waals surface area (Å²) in [7, 11) is 0. The number of hydrogen-bond acceptors (Lipinski definition) is 0. The van der Waals surface area contributed by atoms with Crippen LogP contribution in [0.4, 0.5) is 0 Å². The molecule has 0 aliphatic rings. The Hall–Kier alpha value is -0.230. The van der Waals surface area contributed by atoms with E-state index in [0.29, 0.717) is 5.92 Å². The zero-order valence-corrected chi connectivity index (χ0v) is 10.4. The topological polar surface area (TPSA) is 0 Å². The van der Waals surface area contributed by atoms with E-state index in [1.807, 2.05) is 6.92 Å². The van der Waals surface area contributed by atoms with Crippen LogP contribution in [0.5, 0.6) is 0 Å². The molecule has 0 radical (unpaired) electrons. The van der Waals surface area contributed by atoms with Crippen molar-refractivity contribution in [2.75, 3.05) is 0 Å². The molecule has 0 fully saturated rings. The first-order valence-corrected chi connectivity index (χ1v) is 5.13. The Morgan fingerprint density at radius 2 is 1.69 bits per heavy atom. The molecule has 0 heterocycles. The minimum Gasteiger partial charge on any atom is -0.0898 e. The van der Waals surface area contributed by atoms with Crippen molar-refractivity contribution in [3.8, 4) is 0 Å². The molecule has 0 amide bonds. The van der Waals surface area contributed by atoms with E-state index in [9.17, 15) is 0 Å². The van der Waals surface area contributed by atoms with Crippen LogP contribution < -0.4 is 0 Å². The van der Waals surface area contributed by atoms with Crippen LogP contribution in [0.3, 0.4) is 0 Å². The molecule has 0 aromatic heterocycles. The van der Waals surface area contributed by atoms with Gasteiger partial charge < -0.3 is 0 Å². The van der Waals surface area contributed by atoms with Crippen molar-refractivity contribution in [3.05, 3.63) is 22.8 Å². The van der Waals surface area contributed by atoms with E-state index >= 15 is 0 Å². The van der Waals surface area contributed by atoms with Crippen LogP contribution in [0.25, 0.3) is 0 Å². The first-order valence-electron chi connectivity index (χ1n) is 4.75. The van der Waals surface area contributed by atoms with Gasteiger partial charge in [-0.15, -0.1) is 0 Å². The molecule has 13 heavy (non-hydrogen) atoms. The Labute approximate surface area is 87.7 Å². The van der Waals surface area contributed by atoms with E-state index in [1.165, 1.54) is 5.57 Å². The molecule has 0 rings (SSSR count). The summed E-state index contributed by atoms with van der Waals surface area (Å²) in [5.74, 6) is 0.520. The molecule has 0 bridgehead atoms. The normalized spacial score (nSPS) is 15.5. The molecule has 1 heteroatoms. The van der Waals surface area contributed by atoms with Crippen molar-refractivity contribution in [1.29, 1.82) is 0 Å². The van der Waals surface area contributed by atoms with Crippen molar-refractivity contribution in [3.63, 3.8) is 0 Å². The summed E-state index contributed by atoms with van der Waals surface area (Å²) in [6.07, 6.45) is 4.41. The first kappa shape index (κ1) is 12.8. The van der Waals surface area contributed by atoms with Crippen molar-refractivity contribution in [2.24, 2.45) is 11.3 Å². The van der Waals surface area contributed by atoms with Gasteiger partial charge in [-0.05, 0) is 32.1 Å². The summed E-state index contributed by atoms with van der Waals surface area (Å²) in [6.45, 7) is 12.8. The highest BCUT2D eigenvalue weighted by molar-refractivity contribution is 6.29. The summed E-state index contributed by atoms with van der Waals surface area (Å²) in [4.78, 5) is 0. The van der Waals surface area contributed by atoms with Gasteiger partial charge in [0.2, 0.25) is 0 Å². The lowest BCUT2D eigenvalue weighted by atomic mass is 9.79.